The molecule has 5 heteroatoms. The maximum atomic E-state index is 12.2. The Morgan fingerprint density at radius 2 is 1.96 bits per heavy atom. The van der Waals surface area contributed by atoms with Gasteiger partial charge in [0, 0.05) is 6.07 Å². The van der Waals surface area contributed by atoms with Crippen molar-refractivity contribution >= 4 is 5.97 Å². The standard InChI is InChI=1S/C19H17NO4/c21-19(15-8-7-13-4-1-2-5-14(13)10-15)23-12-16-11-18(24-20-16)17-6-3-9-22-17/h3,6-11H,1-2,4-5,12H2. The van der Waals surface area contributed by atoms with E-state index in [1.807, 2.05) is 18.2 Å². The largest absolute Gasteiger partial charge is 0.461 e. The van der Waals surface area contributed by atoms with E-state index in [1.54, 1.807) is 24.5 Å². The molecule has 1 aliphatic carbocycles. The van der Waals surface area contributed by atoms with Crippen LogP contribution in [0.3, 0.4) is 0 Å². The minimum Gasteiger partial charge on any atom is -0.461 e. The minimum atomic E-state index is -0.342. The smallest absolute Gasteiger partial charge is 0.338 e. The molecule has 0 N–H and O–H groups in total. The first-order chi connectivity index (χ1) is 11.8. The Kier molecular flexibility index (Phi) is 3.91. The molecule has 0 bridgehead atoms. The van der Waals surface area contributed by atoms with Crippen LogP contribution < -0.4 is 0 Å². The van der Waals surface area contributed by atoms with Gasteiger partial charge < -0.3 is 13.7 Å². The third-order valence-electron chi connectivity index (χ3n) is 4.26. The molecule has 0 radical (unpaired) electrons. The third-order valence-corrected chi connectivity index (χ3v) is 4.26. The maximum absolute atomic E-state index is 12.2. The molecule has 2 aromatic heterocycles. The highest BCUT2D eigenvalue weighted by molar-refractivity contribution is 5.89. The molecule has 0 fully saturated rings. The van der Waals surface area contributed by atoms with Crippen LogP contribution in [-0.4, -0.2) is 11.1 Å². The summed E-state index contributed by atoms with van der Waals surface area (Å²) in [5.41, 5.74) is 3.74. The number of esters is 1. The summed E-state index contributed by atoms with van der Waals surface area (Å²) in [4.78, 5) is 12.2. The molecule has 4 rings (SSSR count). The highest BCUT2D eigenvalue weighted by atomic mass is 16.5. The van der Waals surface area contributed by atoms with Gasteiger partial charge in [0.15, 0.2) is 5.76 Å². The van der Waals surface area contributed by atoms with Gasteiger partial charge in [-0.05, 0) is 61.1 Å². The first-order valence-electron chi connectivity index (χ1n) is 8.08. The number of hydrogen-bond acceptors (Lipinski definition) is 5. The van der Waals surface area contributed by atoms with E-state index >= 15 is 0 Å². The molecule has 5 nitrogen and oxygen atoms in total. The maximum Gasteiger partial charge on any atom is 0.338 e. The summed E-state index contributed by atoms with van der Waals surface area (Å²) in [7, 11) is 0. The van der Waals surface area contributed by atoms with Crippen LogP contribution in [0.5, 0.6) is 0 Å². The Hall–Kier alpha value is -2.82. The first-order valence-corrected chi connectivity index (χ1v) is 8.08. The van der Waals surface area contributed by atoms with Crippen molar-refractivity contribution in [3.05, 3.63) is 65.0 Å². The number of fused-ring (bicyclic) bond motifs is 1. The molecule has 2 heterocycles. The van der Waals surface area contributed by atoms with Gasteiger partial charge in [0.2, 0.25) is 5.76 Å². The molecule has 0 unspecified atom stereocenters. The minimum absolute atomic E-state index is 0.0696. The highest BCUT2D eigenvalue weighted by Crippen LogP contribution is 2.23. The molecule has 0 saturated heterocycles. The zero-order chi connectivity index (χ0) is 16.4. The van der Waals surface area contributed by atoms with E-state index in [0.717, 1.165) is 12.8 Å². The molecule has 0 saturated carbocycles. The fourth-order valence-electron chi connectivity index (χ4n) is 3.00. The van der Waals surface area contributed by atoms with Gasteiger partial charge in [0.1, 0.15) is 12.3 Å². The second kappa shape index (κ2) is 6.35. The monoisotopic (exact) mass is 323 g/mol. The summed E-state index contributed by atoms with van der Waals surface area (Å²) >= 11 is 0. The molecule has 0 aliphatic heterocycles. The number of carbonyl (C=O) groups excluding carboxylic acids is 1. The number of aromatic nitrogens is 1. The van der Waals surface area contributed by atoms with Gasteiger partial charge in [-0.2, -0.15) is 0 Å². The van der Waals surface area contributed by atoms with Gasteiger partial charge >= 0.3 is 5.97 Å². The summed E-state index contributed by atoms with van der Waals surface area (Å²) in [6, 6.07) is 11.1. The van der Waals surface area contributed by atoms with Crippen LogP contribution in [0, 0.1) is 0 Å². The van der Waals surface area contributed by atoms with Gasteiger partial charge in [0.25, 0.3) is 0 Å². The molecule has 1 aromatic carbocycles. The fraction of sp³-hybridized carbons (Fsp3) is 0.263. The Morgan fingerprint density at radius 3 is 2.79 bits per heavy atom. The van der Waals surface area contributed by atoms with Crippen LogP contribution >= 0.6 is 0 Å². The molecule has 122 valence electrons. The second-order valence-corrected chi connectivity index (χ2v) is 5.93. The van der Waals surface area contributed by atoms with Gasteiger partial charge in [-0.15, -0.1) is 0 Å². The Morgan fingerprint density at radius 1 is 1.08 bits per heavy atom. The predicted molar refractivity (Wildman–Crippen MR) is 86.4 cm³/mol. The molecule has 0 amide bonds. The lowest BCUT2D eigenvalue weighted by molar-refractivity contribution is 0.0464. The van der Waals surface area contributed by atoms with Gasteiger partial charge in [-0.3, -0.25) is 0 Å². The van der Waals surface area contributed by atoms with E-state index in [2.05, 4.69) is 5.16 Å². The predicted octanol–water partition coefficient (Wildman–Crippen LogP) is 4.17. The van der Waals surface area contributed by atoms with E-state index in [9.17, 15) is 4.79 Å². The number of hydrogen-bond donors (Lipinski definition) is 0. The Bertz CT molecular complexity index is 848. The van der Waals surface area contributed by atoms with E-state index in [0.29, 0.717) is 22.8 Å². The average Bonchev–Trinajstić information content (AvgIpc) is 3.30. The number of nitrogens with zero attached hydrogens (tertiary/aromatic N) is 1. The molecule has 1 aliphatic rings. The number of rotatable bonds is 4. The van der Waals surface area contributed by atoms with Gasteiger partial charge in [0.05, 0.1) is 11.8 Å². The fourth-order valence-corrected chi connectivity index (χ4v) is 3.00. The molecule has 0 spiro atoms. The van der Waals surface area contributed by atoms with Crippen molar-refractivity contribution in [2.75, 3.05) is 0 Å². The van der Waals surface area contributed by atoms with Crippen LogP contribution in [0.15, 0.2) is 51.6 Å². The molecule has 24 heavy (non-hydrogen) atoms. The van der Waals surface area contributed by atoms with Crippen LogP contribution in [0.2, 0.25) is 0 Å². The van der Waals surface area contributed by atoms with Crippen molar-refractivity contribution < 1.29 is 18.5 Å². The first kappa shape index (κ1) is 14.8. The number of aryl methyl sites for hydroxylation is 2. The van der Waals surface area contributed by atoms with Crippen LogP contribution in [-0.2, 0) is 24.2 Å². The van der Waals surface area contributed by atoms with E-state index in [-0.39, 0.29) is 12.6 Å². The Labute approximate surface area is 139 Å². The van der Waals surface area contributed by atoms with Crippen molar-refractivity contribution in [3.63, 3.8) is 0 Å². The summed E-state index contributed by atoms with van der Waals surface area (Å²) in [6.45, 7) is 0.0696. The van der Waals surface area contributed by atoms with E-state index in [1.165, 1.54) is 24.0 Å². The number of carbonyl (C=O) groups is 1. The third kappa shape index (κ3) is 2.97. The summed E-state index contributed by atoms with van der Waals surface area (Å²) in [5.74, 6) is 0.764. The van der Waals surface area contributed by atoms with E-state index < -0.39 is 0 Å². The topological polar surface area (TPSA) is 65.5 Å². The van der Waals surface area contributed by atoms with Gasteiger partial charge in [-0.1, -0.05) is 11.2 Å². The molecule has 0 atom stereocenters. The zero-order valence-electron chi connectivity index (χ0n) is 13.2. The van der Waals surface area contributed by atoms with Gasteiger partial charge in [-0.25, -0.2) is 4.79 Å². The average molecular weight is 323 g/mol. The van der Waals surface area contributed by atoms with Crippen molar-refractivity contribution in [3.8, 4) is 11.5 Å². The lowest BCUT2D eigenvalue weighted by Crippen LogP contribution is -2.09. The summed E-state index contributed by atoms with van der Waals surface area (Å²) in [6.07, 6.45) is 6.10. The lowest BCUT2D eigenvalue weighted by Gasteiger charge is -2.16. The van der Waals surface area contributed by atoms with Crippen LogP contribution in [0.25, 0.3) is 11.5 Å². The number of furan rings is 1. The molecular formula is C19H17NO4. The lowest BCUT2D eigenvalue weighted by atomic mass is 9.90. The van der Waals surface area contributed by atoms with Crippen LogP contribution in [0.4, 0.5) is 0 Å². The normalized spacial score (nSPS) is 13.5. The Balaban J connectivity index is 1.41. The SMILES string of the molecule is O=C(OCc1cc(-c2ccco2)on1)c1ccc2c(c1)CCCC2. The molecule has 3 aromatic rings. The van der Waals surface area contributed by atoms with Crippen molar-refractivity contribution in [2.24, 2.45) is 0 Å². The van der Waals surface area contributed by atoms with Crippen molar-refractivity contribution in [1.29, 1.82) is 0 Å². The van der Waals surface area contributed by atoms with Crippen LogP contribution in [0.1, 0.15) is 40.0 Å². The number of ether oxygens (including phenoxy) is 1. The summed E-state index contributed by atoms with van der Waals surface area (Å²) in [5, 5.41) is 3.90. The second-order valence-electron chi connectivity index (χ2n) is 5.93. The number of benzene rings is 1. The molecular weight excluding hydrogens is 306 g/mol. The highest BCUT2D eigenvalue weighted by Gasteiger charge is 2.15. The zero-order valence-corrected chi connectivity index (χ0v) is 13.2. The summed E-state index contributed by atoms with van der Waals surface area (Å²) < 4.78 is 15.8. The van der Waals surface area contributed by atoms with Crippen molar-refractivity contribution in [2.45, 2.75) is 32.3 Å². The van der Waals surface area contributed by atoms with Crippen molar-refractivity contribution in [1.82, 2.24) is 5.16 Å². The quantitative estimate of drug-likeness (QED) is 0.674. The van der Waals surface area contributed by atoms with E-state index in [4.69, 9.17) is 13.7 Å².